The molecule has 0 aliphatic rings. The number of guanidine groups is 1. The number of aromatic nitrogens is 1. The predicted octanol–water partition coefficient (Wildman–Crippen LogP) is 3.48. The van der Waals surface area contributed by atoms with Crippen LogP contribution in [0, 0.1) is 19.7 Å². The molecule has 26 heavy (non-hydrogen) atoms. The smallest absolute Gasteiger partial charge is 0.191 e. The number of nitrogens with one attached hydrogen (secondary N) is 2. The summed E-state index contributed by atoms with van der Waals surface area (Å²) < 4.78 is 13.1. The first-order valence-corrected chi connectivity index (χ1v) is 9.01. The summed E-state index contributed by atoms with van der Waals surface area (Å²) in [5.41, 5.74) is 2.13. The Labute approximate surface area is 176 Å². The topological polar surface area (TPSA) is 52.6 Å². The van der Waals surface area contributed by atoms with E-state index in [-0.39, 0.29) is 35.8 Å². The van der Waals surface area contributed by atoms with Gasteiger partial charge in [0.1, 0.15) is 10.8 Å². The molecule has 2 aromatic rings. The minimum atomic E-state index is -0.222. The summed E-state index contributed by atoms with van der Waals surface area (Å²) in [7, 11) is 5.76. The first kappa shape index (κ1) is 22.8. The van der Waals surface area contributed by atoms with Crippen molar-refractivity contribution in [3.63, 3.8) is 0 Å². The molecule has 1 unspecified atom stereocenters. The van der Waals surface area contributed by atoms with Gasteiger partial charge >= 0.3 is 0 Å². The Morgan fingerprint density at radius 2 is 1.88 bits per heavy atom. The van der Waals surface area contributed by atoms with Crippen LogP contribution in [0.3, 0.4) is 0 Å². The Bertz CT molecular complexity index is 695. The Hall–Kier alpha value is -1.26. The van der Waals surface area contributed by atoms with E-state index >= 15 is 0 Å². The lowest BCUT2D eigenvalue weighted by molar-refractivity contribution is 0.298. The maximum absolute atomic E-state index is 13.1. The first-order chi connectivity index (χ1) is 11.9. The number of thiazole rings is 1. The lowest BCUT2D eigenvalue weighted by Gasteiger charge is -2.26. The SMILES string of the molecule is CN=C(NCc1nc(C)c(C)s1)NCC(c1ccc(F)cc1)N(C)C.I. The summed E-state index contributed by atoms with van der Waals surface area (Å²) in [5, 5.41) is 7.67. The van der Waals surface area contributed by atoms with Gasteiger partial charge in [-0.25, -0.2) is 9.37 Å². The van der Waals surface area contributed by atoms with Crippen LogP contribution in [0.2, 0.25) is 0 Å². The third-order valence-electron chi connectivity index (χ3n) is 4.04. The van der Waals surface area contributed by atoms with E-state index in [9.17, 15) is 4.39 Å². The van der Waals surface area contributed by atoms with Gasteiger partial charge in [0.2, 0.25) is 0 Å². The highest BCUT2D eigenvalue weighted by Crippen LogP contribution is 2.18. The lowest BCUT2D eigenvalue weighted by atomic mass is 10.1. The molecule has 8 heteroatoms. The van der Waals surface area contributed by atoms with Crippen LogP contribution in [0.5, 0.6) is 0 Å². The number of rotatable bonds is 6. The average molecular weight is 491 g/mol. The molecule has 144 valence electrons. The molecule has 5 nitrogen and oxygen atoms in total. The van der Waals surface area contributed by atoms with Gasteiger partial charge in [-0.15, -0.1) is 35.3 Å². The van der Waals surface area contributed by atoms with Crippen LogP contribution in [0.15, 0.2) is 29.3 Å². The number of nitrogens with zero attached hydrogens (tertiary/aromatic N) is 3. The highest BCUT2D eigenvalue weighted by atomic mass is 127. The zero-order valence-corrected chi connectivity index (χ0v) is 19.0. The van der Waals surface area contributed by atoms with Gasteiger partial charge in [0.25, 0.3) is 0 Å². The van der Waals surface area contributed by atoms with E-state index in [0.29, 0.717) is 13.1 Å². The molecular formula is C18H27FIN5S. The summed E-state index contributed by atoms with van der Waals surface area (Å²) in [6.07, 6.45) is 0. The number of halogens is 2. The fraction of sp³-hybridized carbons (Fsp3) is 0.444. The zero-order valence-electron chi connectivity index (χ0n) is 15.8. The summed E-state index contributed by atoms with van der Waals surface area (Å²) in [6.45, 7) is 5.40. The Morgan fingerprint density at radius 1 is 1.23 bits per heavy atom. The molecule has 0 aliphatic carbocycles. The van der Waals surface area contributed by atoms with Crippen molar-refractivity contribution in [2.75, 3.05) is 27.7 Å². The molecule has 0 aliphatic heterocycles. The van der Waals surface area contributed by atoms with E-state index in [4.69, 9.17) is 0 Å². The maximum Gasteiger partial charge on any atom is 0.191 e. The molecule has 0 saturated heterocycles. The molecule has 1 aromatic carbocycles. The minimum Gasteiger partial charge on any atom is -0.354 e. The van der Waals surface area contributed by atoms with Gasteiger partial charge in [0.15, 0.2) is 5.96 Å². The number of likely N-dealkylation sites (N-methyl/N-ethyl adjacent to an activating group) is 1. The Morgan fingerprint density at radius 3 is 2.38 bits per heavy atom. The summed E-state index contributed by atoms with van der Waals surface area (Å²) in [6, 6.07) is 6.74. The molecule has 1 atom stereocenters. The molecule has 0 bridgehead atoms. The van der Waals surface area contributed by atoms with E-state index in [2.05, 4.69) is 32.4 Å². The Balaban J connectivity index is 0.00000338. The van der Waals surface area contributed by atoms with E-state index in [1.807, 2.05) is 33.2 Å². The molecular weight excluding hydrogens is 464 g/mol. The van der Waals surface area contributed by atoms with Gasteiger partial charge in [-0.1, -0.05) is 12.1 Å². The zero-order chi connectivity index (χ0) is 18.4. The quantitative estimate of drug-likeness (QED) is 0.369. The molecule has 0 amide bonds. The van der Waals surface area contributed by atoms with Gasteiger partial charge in [0, 0.05) is 18.5 Å². The average Bonchev–Trinajstić information content (AvgIpc) is 2.90. The predicted molar refractivity (Wildman–Crippen MR) is 118 cm³/mol. The number of hydrogen-bond donors (Lipinski definition) is 2. The van der Waals surface area contributed by atoms with Crippen molar-refractivity contribution in [2.45, 2.75) is 26.4 Å². The molecule has 2 rings (SSSR count). The summed E-state index contributed by atoms with van der Waals surface area (Å²) >= 11 is 1.69. The van der Waals surface area contributed by atoms with Crippen LogP contribution in [0.25, 0.3) is 0 Å². The molecule has 1 aromatic heterocycles. The third-order valence-corrected chi connectivity index (χ3v) is 5.12. The number of benzene rings is 1. The molecule has 0 saturated carbocycles. The van der Waals surface area contributed by atoms with Crippen molar-refractivity contribution in [1.29, 1.82) is 0 Å². The molecule has 0 spiro atoms. The van der Waals surface area contributed by atoms with Crippen molar-refractivity contribution in [3.8, 4) is 0 Å². The van der Waals surface area contributed by atoms with Crippen molar-refractivity contribution < 1.29 is 4.39 Å². The molecule has 1 heterocycles. The summed E-state index contributed by atoms with van der Waals surface area (Å²) in [5.74, 6) is 0.500. The van der Waals surface area contributed by atoms with Gasteiger partial charge < -0.3 is 15.5 Å². The summed E-state index contributed by atoms with van der Waals surface area (Å²) in [4.78, 5) is 12.1. The van der Waals surface area contributed by atoms with Crippen LogP contribution in [-0.4, -0.2) is 43.5 Å². The van der Waals surface area contributed by atoms with Crippen LogP contribution >= 0.6 is 35.3 Å². The monoisotopic (exact) mass is 491 g/mol. The fourth-order valence-electron chi connectivity index (χ4n) is 2.47. The third kappa shape index (κ3) is 6.48. The fourth-order valence-corrected chi connectivity index (χ4v) is 3.35. The van der Waals surface area contributed by atoms with Crippen LogP contribution in [-0.2, 0) is 6.54 Å². The van der Waals surface area contributed by atoms with Crippen molar-refractivity contribution in [3.05, 3.63) is 51.2 Å². The number of aryl methyl sites for hydroxylation is 2. The minimum absolute atomic E-state index is 0. The van der Waals surface area contributed by atoms with Crippen molar-refractivity contribution in [1.82, 2.24) is 20.5 Å². The van der Waals surface area contributed by atoms with Gasteiger partial charge in [-0.2, -0.15) is 0 Å². The highest BCUT2D eigenvalue weighted by Gasteiger charge is 2.15. The molecule has 0 radical (unpaired) electrons. The molecule has 0 fully saturated rings. The van der Waals surface area contributed by atoms with Crippen molar-refractivity contribution in [2.24, 2.45) is 4.99 Å². The first-order valence-electron chi connectivity index (χ1n) is 8.20. The Kier molecular flexibility index (Phi) is 9.45. The van der Waals surface area contributed by atoms with Crippen LogP contribution in [0.4, 0.5) is 4.39 Å². The van der Waals surface area contributed by atoms with Gasteiger partial charge in [-0.3, -0.25) is 4.99 Å². The van der Waals surface area contributed by atoms with Crippen LogP contribution in [0.1, 0.15) is 27.2 Å². The second-order valence-corrected chi connectivity index (χ2v) is 7.37. The second-order valence-electron chi connectivity index (χ2n) is 6.09. The van der Waals surface area contributed by atoms with E-state index in [1.165, 1.54) is 17.0 Å². The second kappa shape index (κ2) is 10.8. The van der Waals surface area contributed by atoms with Gasteiger partial charge in [-0.05, 0) is 45.6 Å². The highest BCUT2D eigenvalue weighted by molar-refractivity contribution is 14.0. The van der Waals surface area contributed by atoms with E-state index < -0.39 is 0 Å². The number of aliphatic imine (C=N–C) groups is 1. The van der Waals surface area contributed by atoms with Crippen molar-refractivity contribution >= 4 is 41.3 Å². The largest absolute Gasteiger partial charge is 0.354 e. The van der Waals surface area contributed by atoms with E-state index in [0.717, 1.165) is 22.2 Å². The lowest BCUT2D eigenvalue weighted by Crippen LogP contribution is -2.41. The normalized spacial score (nSPS) is 12.7. The standard InChI is InChI=1S/C18H26FN5S.HI/c1-12-13(2)25-17(23-12)11-22-18(20-3)21-10-16(24(4)5)14-6-8-15(19)9-7-14;/h6-9,16H,10-11H2,1-5H3,(H2,20,21,22);1H. The van der Waals surface area contributed by atoms with Crippen LogP contribution < -0.4 is 10.6 Å². The number of hydrogen-bond acceptors (Lipinski definition) is 4. The van der Waals surface area contributed by atoms with E-state index in [1.54, 1.807) is 18.4 Å². The maximum atomic E-state index is 13.1. The molecule has 2 N–H and O–H groups in total. The van der Waals surface area contributed by atoms with Gasteiger partial charge in [0.05, 0.1) is 18.3 Å².